The van der Waals surface area contributed by atoms with E-state index in [0.717, 1.165) is 12.8 Å². The van der Waals surface area contributed by atoms with E-state index in [1.165, 1.54) is 13.2 Å². The molecule has 1 aromatic carbocycles. The van der Waals surface area contributed by atoms with Crippen LogP contribution in [0.15, 0.2) is 59.6 Å². The van der Waals surface area contributed by atoms with Crippen LogP contribution in [-0.4, -0.2) is 124 Å². The Labute approximate surface area is 400 Å². The van der Waals surface area contributed by atoms with Crippen molar-refractivity contribution in [3.63, 3.8) is 0 Å². The Balaban J connectivity index is 0.947. The molecule has 1 spiro atoms. The number of hydrogen-bond donors (Lipinski definition) is 5. The van der Waals surface area contributed by atoms with Crippen LogP contribution < -0.4 is 4.74 Å². The molecule has 3 fully saturated rings. The van der Waals surface area contributed by atoms with Gasteiger partial charge in [-0.2, -0.15) is 0 Å². The summed E-state index contributed by atoms with van der Waals surface area (Å²) in [5.74, 6) is -6.93. The average molecular weight is 971 g/mol. The average Bonchev–Trinajstić information content (AvgIpc) is 3.52. The standard InChI is InChI=1S/C50H63ClO17/c1-23-22-50-28(20-30(23)44(56)57)13-10-8-7-9-12-27-16-17-29-31(49(27,5)48(60)67-42(43(50)55)46(59)68-50)14-11-15-34(29)64-47-39(54)38(53)41(26(4)63-47)65-36-21-33(52)40(25(3)62-36)66-45(58)37-24(2)32(51)18-19-35(37)61-6/h10,13,16-20,23,25-29,31,33-34,36,38-41,47,52-55H,7-9,11-12,14-15,21-22H2,1-6H3,(H,56,57)/b13-10+/t23-,25-,26-,27-,28-,29+,31-,33-,34+,36+,38-,39-,40-,41-,47+,49-,50+/m1/s1. The van der Waals surface area contributed by atoms with Gasteiger partial charge >= 0.3 is 23.9 Å². The highest BCUT2D eigenvalue weighted by molar-refractivity contribution is 6.32. The highest BCUT2D eigenvalue weighted by Gasteiger charge is 2.60. The van der Waals surface area contributed by atoms with Crippen LogP contribution in [0.2, 0.25) is 5.02 Å². The van der Waals surface area contributed by atoms with Gasteiger partial charge in [-0.3, -0.25) is 4.79 Å². The Morgan fingerprint density at radius 3 is 2.38 bits per heavy atom. The number of ether oxygens (including phenoxy) is 8. The maximum atomic E-state index is 14.8. The van der Waals surface area contributed by atoms with E-state index in [9.17, 15) is 44.7 Å². The number of esters is 3. The molecule has 4 aliphatic heterocycles. The third kappa shape index (κ3) is 9.02. The van der Waals surface area contributed by atoms with Crippen LogP contribution in [0.25, 0.3) is 0 Å². The van der Waals surface area contributed by atoms with Crippen LogP contribution in [0.4, 0.5) is 0 Å². The molecule has 2 saturated heterocycles. The number of aliphatic carboxylic acids is 1. The first-order chi connectivity index (χ1) is 32.3. The Hall–Kier alpha value is -4.33. The van der Waals surface area contributed by atoms with Crippen molar-refractivity contribution in [1.82, 2.24) is 0 Å². The number of benzene rings is 1. The van der Waals surface area contributed by atoms with Gasteiger partial charge in [0, 0.05) is 35.3 Å². The molecule has 0 aromatic heterocycles. The molecule has 0 amide bonds. The summed E-state index contributed by atoms with van der Waals surface area (Å²) in [7, 11) is 1.41. The van der Waals surface area contributed by atoms with Crippen molar-refractivity contribution in [1.29, 1.82) is 0 Å². The summed E-state index contributed by atoms with van der Waals surface area (Å²) in [6.45, 7) is 8.42. The maximum absolute atomic E-state index is 14.8. The summed E-state index contributed by atoms with van der Waals surface area (Å²) in [4.78, 5) is 53.8. The van der Waals surface area contributed by atoms with Crippen LogP contribution in [0, 0.1) is 41.9 Å². The van der Waals surface area contributed by atoms with Crippen molar-refractivity contribution in [2.45, 2.75) is 159 Å². The highest BCUT2D eigenvalue weighted by atomic mass is 35.5. The Kier molecular flexibility index (Phi) is 14.6. The molecule has 7 aliphatic rings. The van der Waals surface area contributed by atoms with Gasteiger partial charge in [0.2, 0.25) is 0 Å². The number of halogens is 1. The SMILES string of the molecule is COc1ccc(Cl)c(C)c1C(=O)O[C@H]1[C@H](O)C[C@H](O[C@H]2[C@H](O)[C@@H](O)[C@H](O[C@H]3CCC[C@@H]4[C@@H]3C=C[C@H]3CCCC/C=C/[C@@H]5C=C(C(=O)O)[C@H](C)C[C@]56OC(=O)C(=C6O)OC(=O)[C@@]43C)O[C@@H]2C)O[C@@H]1C. The second-order valence-corrected chi connectivity index (χ2v) is 20.1. The first kappa shape index (κ1) is 50.1. The first-order valence-corrected chi connectivity index (χ1v) is 24.1. The fourth-order valence-electron chi connectivity index (χ4n) is 11.7. The van der Waals surface area contributed by atoms with Gasteiger partial charge in [0.15, 0.2) is 30.0 Å². The number of aliphatic hydroxyl groups excluding tert-OH is 4. The van der Waals surface area contributed by atoms with Gasteiger partial charge in [0.25, 0.3) is 5.76 Å². The van der Waals surface area contributed by atoms with Gasteiger partial charge in [-0.25, -0.2) is 14.4 Å². The molecule has 4 heterocycles. The summed E-state index contributed by atoms with van der Waals surface area (Å²) in [5.41, 5.74) is -2.14. The van der Waals surface area contributed by atoms with E-state index in [4.69, 9.17) is 49.5 Å². The third-order valence-electron chi connectivity index (χ3n) is 15.5. The summed E-state index contributed by atoms with van der Waals surface area (Å²) >= 11 is 6.27. The van der Waals surface area contributed by atoms with E-state index >= 15 is 0 Å². The van der Waals surface area contributed by atoms with Crippen molar-refractivity contribution in [3.05, 3.63) is 75.8 Å². The molecule has 18 heteroatoms. The number of carbonyl (C=O) groups excluding carboxylic acids is 3. The van der Waals surface area contributed by atoms with E-state index in [-0.39, 0.29) is 47.5 Å². The van der Waals surface area contributed by atoms with Crippen molar-refractivity contribution >= 4 is 35.5 Å². The number of carboxylic acid groups (broad SMARTS) is 1. The molecule has 0 unspecified atom stereocenters. The van der Waals surface area contributed by atoms with Crippen molar-refractivity contribution in [3.8, 4) is 5.75 Å². The highest BCUT2D eigenvalue weighted by Crippen LogP contribution is 2.55. The molecular weight excluding hydrogens is 908 g/mol. The van der Waals surface area contributed by atoms with E-state index in [2.05, 4.69) is 0 Å². The number of fused-ring (bicyclic) bond motifs is 3. The Morgan fingerprint density at radius 1 is 0.912 bits per heavy atom. The molecule has 3 aliphatic carbocycles. The monoisotopic (exact) mass is 970 g/mol. The summed E-state index contributed by atoms with van der Waals surface area (Å²) in [6.07, 6.45) is 2.38. The quantitative estimate of drug-likeness (QED) is 0.115. The lowest BCUT2D eigenvalue weighted by Gasteiger charge is -2.51. The number of rotatable bonds is 8. The topological polar surface area (TPSA) is 243 Å². The van der Waals surface area contributed by atoms with Crippen molar-refractivity contribution in [2.24, 2.45) is 35.0 Å². The molecule has 372 valence electrons. The summed E-state index contributed by atoms with van der Waals surface area (Å²) in [5, 5.41) is 56.2. The largest absolute Gasteiger partial charge is 0.505 e. The van der Waals surface area contributed by atoms with Crippen molar-refractivity contribution in [2.75, 3.05) is 7.11 Å². The molecule has 17 nitrogen and oxygen atoms in total. The fourth-order valence-corrected chi connectivity index (χ4v) is 11.9. The molecule has 2 bridgehead atoms. The summed E-state index contributed by atoms with van der Waals surface area (Å²) < 4.78 is 47.9. The van der Waals surface area contributed by atoms with E-state index in [1.807, 2.05) is 25.2 Å². The summed E-state index contributed by atoms with van der Waals surface area (Å²) in [6, 6.07) is 3.15. The Morgan fingerprint density at radius 2 is 1.66 bits per heavy atom. The molecule has 17 atom stereocenters. The number of methoxy groups -OCH3 is 1. The second kappa shape index (κ2) is 19.8. The second-order valence-electron chi connectivity index (χ2n) is 19.7. The smallest absolute Gasteiger partial charge is 0.379 e. The van der Waals surface area contributed by atoms with Crippen LogP contribution in [-0.2, 0) is 47.5 Å². The first-order valence-electron chi connectivity index (χ1n) is 23.7. The van der Waals surface area contributed by atoms with Gasteiger partial charge in [0.05, 0.1) is 36.9 Å². The van der Waals surface area contributed by atoms with Crippen molar-refractivity contribution < 1.29 is 82.6 Å². The van der Waals surface area contributed by atoms with Crippen LogP contribution in [0.3, 0.4) is 0 Å². The van der Waals surface area contributed by atoms with Gasteiger partial charge in [-0.1, -0.05) is 61.7 Å². The lowest BCUT2D eigenvalue weighted by atomic mass is 9.55. The molecular formula is C50H63ClO17. The van der Waals surface area contributed by atoms with E-state index in [1.54, 1.807) is 45.9 Å². The van der Waals surface area contributed by atoms with E-state index < -0.39 is 120 Å². The van der Waals surface area contributed by atoms with Crippen LogP contribution >= 0.6 is 11.6 Å². The normalized spacial score (nSPS) is 41.1. The Bertz CT molecular complexity index is 2240. The van der Waals surface area contributed by atoms with Crippen LogP contribution in [0.5, 0.6) is 5.75 Å². The van der Waals surface area contributed by atoms with Gasteiger partial charge < -0.3 is 63.4 Å². The number of allylic oxidation sites excluding steroid dienone is 2. The lowest BCUT2D eigenvalue weighted by molar-refractivity contribution is -0.343. The number of aliphatic hydroxyl groups is 4. The number of carboxylic acids is 1. The minimum Gasteiger partial charge on any atom is -0.505 e. The van der Waals surface area contributed by atoms with Gasteiger partial charge in [-0.05, 0) is 95.2 Å². The predicted molar refractivity (Wildman–Crippen MR) is 240 cm³/mol. The third-order valence-corrected chi connectivity index (χ3v) is 16.0. The predicted octanol–water partition coefficient (Wildman–Crippen LogP) is 5.93. The molecule has 1 saturated carbocycles. The fraction of sp³-hybridized carbons (Fsp3) is 0.640. The molecule has 0 radical (unpaired) electrons. The number of carbonyl (C=O) groups is 4. The molecule has 1 aromatic rings. The zero-order valence-corrected chi connectivity index (χ0v) is 39.8. The zero-order valence-electron chi connectivity index (χ0n) is 39.1. The zero-order chi connectivity index (χ0) is 49.0. The van der Waals surface area contributed by atoms with Crippen LogP contribution in [0.1, 0.15) is 101 Å². The molecule has 5 N–H and O–H groups in total. The lowest BCUT2D eigenvalue weighted by Crippen LogP contribution is -2.61. The molecule has 8 rings (SSSR count). The maximum Gasteiger partial charge on any atom is 0.379 e. The minimum atomic E-state index is -1.65. The van der Waals surface area contributed by atoms with Gasteiger partial charge in [-0.15, -0.1) is 0 Å². The molecule has 68 heavy (non-hydrogen) atoms. The van der Waals surface area contributed by atoms with E-state index in [0.29, 0.717) is 42.7 Å². The number of hydrogen-bond acceptors (Lipinski definition) is 16. The van der Waals surface area contributed by atoms with Gasteiger partial charge in [0.1, 0.15) is 29.6 Å². The minimum absolute atomic E-state index is 0.0291.